The topological polar surface area (TPSA) is 60.8 Å². The van der Waals surface area contributed by atoms with Gasteiger partial charge in [-0.1, -0.05) is 6.42 Å². The lowest BCUT2D eigenvalue weighted by molar-refractivity contribution is -0.147. The normalized spacial score (nSPS) is 21.2. The zero-order chi connectivity index (χ0) is 13.5. The number of anilines is 1. The third-order valence-electron chi connectivity index (χ3n) is 4.58. The van der Waals surface area contributed by atoms with E-state index in [1.807, 2.05) is 12.1 Å². The van der Waals surface area contributed by atoms with Crippen LogP contribution >= 0.6 is 0 Å². The molecule has 1 aliphatic heterocycles. The van der Waals surface area contributed by atoms with E-state index < -0.39 is 11.4 Å². The van der Waals surface area contributed by atoms with Crippen LogP contribution < -0.4 is 4.90 Å². The number of aromatic hydroxyl groups is 1. The molecule has 19 heavy (non-hydrogen) atoms. The van der Waals surface area contributed by atoms with Gasteiger partial charge in [0.15, 0.2) is 0 Å². The molecule has 0 aromatic heterocycles. The van der Waals surface area contributed by atoms with Crippen molar-refractivity contribution >= 4 is 11.7 Å². The summed E-state index contributed by atoms with van der Waals surface area (Å²) in [6, 6.07) is 5.41. The van der Waals surface area contributed by atoms with Crippen LogP contribution in [0.2, 0.25) is 0 Å². The Morgan fingerprint density at radius 2 is 1.84 bits per heavy atom. The van der Waals surface area contributed by atoms with Crippen LogP contribution in [0, 0.1) is 0 Å². The van der Waals surface area contributed by atoms with E-state index in [-0.39, 0.29) is 5.75 Å². The predicted molar refractivity (Wildman–Crippen MR) is 72.7 cm³/mol. The van der Waals surface area contributed by atoms with Crippen molar-refractivity contribution in [1.82, 2.24) is 0 Å². The van der Waals surface area contributed by atoms with E-state index in [0.717, 1.165) is 25.2 Å². The van der Waals surface area contributed by atoms with Gasteiger partial charge in [-0.3, -0.25) is 4.79 Å². The van der Waals surface area contributed by atoms with E-state index in [2.05, 4.69) is 4.90 Å². The standard InChI is InChI=1S/C15H19NO3/c17-13-5-4-11(16-8-1-2-9-16)10-12(13)15(14(18)19)6-3-7-15/h4-5,10,17H,1-3,6-9H2,(H,18,19). The first-order chi connectivity index (χ1) is 9.13. The van der Waals surface area contributed by atoms with E-state index in [1.165, 1.54) is 12.8 Å². The predicted octanol–water partition coefficient (Wildman–Crippen LogP) is 2.50. The van der Waals surface area contributed by atoms with Crippen LogP contribution in [0.3, 0.4) is 0 Å². The number of carboxylic acid groups (broad SMARTS) is 1. The largest absolute Gasteiger partial charge is 0.508 e. The molecule has 1 aliphatic carbocycles. The number of benzene rings is 1. The van der Waals surface area contributed by atoms with Gasteiger partial charge in [-0.05, 0) is 43.9 Å². The lowest BCUT2D eigenvalue weighted by Crippen LogP contribution is -2.42. The number of hydrogen-bond acceptors (Lipinski definition) is 3. The Hall–Kier alpha value is -1.71. The summed E-state index contributed by atoms with van der Waals surface area (Å²) in [4.78, 5) is 13.8. The first-order valence-electron chi connectivity index (χ1n) is 6.95. The summed E-state index contributed by atoms with van der Waals surface area (Å²) in [6.45, 7) is 2.04. The van der Waals surface area contributed by atoms with Crippen molar-refractivity contribution in [3.63, 3.8) is 0 Å². The highest BCUT2D eigenvalue weighted by atomic mass is 16.4. The number of aliphatic carboxylic acids is 1. The Morgan fingerprint density at radius 1 is 1.16 bits per heavy atom. The van der Waals surface area contributed by atoms with Gasteiger partial charge in [0.05, 0.1) is 5.41 Å². The maximum absolute atomic E-state index is 11.6. The quantitative estimate of drug-likeness (QED) is 0.877. The molecule has 1 saturated heterocycles. The van der Waals surface area contributed by atoms with Crippen LogP contribution in [-0.2, 0) is 10.2 Å². The molecule has 0 radical (unpaired) electrons. The van der Waals surface area contributed by atoms with Gasteiger partial charge in [-0.2, -0.15) is 0 Å². The number of rotatable bonds is 3. The van der Waals surface area contributed by atoms with Crippen molar-refractivity contribution in [2.45, 2.75) is 37.5 Å². The first-order valence-corrected chi connectivity index (χ1v) is 6.95. The van der Waals surface area contributed by atoms with Crippen molar-refractivity contribution in [2.75, 3.05) is 18.0 Å². The lowest BCUT2D eigenvalue weighted by atomic mass is 9.64. The zero-order valence-electron chi connectivity index (χ0n) is 10.9. The van der Waals surface area contributed by atoms with Crippen LogP contribution in [0.4, 0.5) is 5.69 Å². The molecule has 1 aromatic carbocycles. The minimum atomic E-state index is -0.861. The Balaban J connectivity index is 2.00. The maximum Gasteiger partial charge on any atom is 0.314 e. The molecule has 0 amide bonds. The average Bonchev–Trinajstić information content (AvgIpc) is 2.83. The lowest BCUT2D eigenvalue weighted by Gasteiger charge is -2.38. The maximum atomic E-state index is 11.6. The summed E-state index contributed by atoms with van der Waals surface area (Å²) in [6.07, 6.45) is 4.53. The highest BCUT2D eigenvalue weighted by molar-refractivity contribution is 5.84. The minimum absolute atomic E-state index is 0.116. The van der Waals surface area contributed by atoms with Gasteiger partial charge in [0.25, 0.3) is 0 Å². The molecule has 1 aromatic rings. The van der Waals surface area contributed by atoms with Crippen molar-refractivity contribution in [3.8, 4) is 5.75 Å². The van der Waals surface area contributed by atoms with Crippen LogP contribution in [0.1, 0.15) is 37.7 Å². The second-order valence-electron chi connectivity index (χ2n) is 5.64. The number of phenolic OH excluding ortho intramolecular Hbond substituents is 1. The smallest absolute Gasteiger partial charge is 0.314 e. The molecule has 0 bridgehead atoms. The van der Waals surface area contributed by atoms with Crippen LogP contribution in [0.25, 0.3) is 0 Å². The van der Waals surface area contributed by atoms with Gasteiger partial charge >= 0.3 is 5.97 Å². The summed E-state index contributed by atoms with van der Waals surface area (Å²) in [5.41, 5.74) is 0.772. The van der Waals surface area contributed by atoms with Gasteiger partial charge in [-0.15, -0.1) is 0 Å². The summed E-state index contributed by atoms with van der Waals surface area (Å²) < 4.78 is 0. The van der Waals surface area contributed by atoms with Crippen LogP contribution in [-0.4, -0.2) is 29.3 Å². The molecule has 1 heterocycles. The highest BCUT2D eigenvalue weighted by Gasteiger charge is 2.47. The molecule has 0 unspecified atom stereocenters. The van der Waals surface area contributed by atoms with Crippen molar-refractivity contribution in [1.29, 1.82) is 0 Å². The fraction of sp³-hybridized carbons (Fsp3) is 0.533. The van der Waals surface area contributed by atoms with Crippen LogP contribution in [0.15, 0.2) is 18.2 Å². The Kier molecular flexibility index (Phi) is 2.88. The molecular formula is C15H19NO3. The monoisotopic (exact) mass is 261 g/mol. The zero-order valence-corrected chi connectivity index (χ0v) is 10.9. The second-order valence-corrected chi connectivity index (χ2v) is 5.64. The van der Waals surface area contributed by atoms with Gasteiger partial charge in [0.2, 0.25) is 0 Å². The molecule has 0 atom stereocenters. The molecule has 2 aliphatic rings. The van der Waals surface area contributed by atoms with Crippen LogP contribution in [0.5, 0.6) is 5.75 Å². The summed E-state index contributed by atoms with van der Waals surface area (Å²) >= 11 is 0. The van der Waals surface area contributed by atoms with E-state index in [9.17, 15) is 15.0 Å². The SMILES string of the molecule is O=C(O)C1(c2cc(N3CCCC3)ccc2O)CCC1. The number of nitrogens with zero attached hydrogens (tertiary/aromatic N) is 1. The molecular weight excluding hydrogens is 242 g/mol. The van der Waals surface area contributed by atoms with Crippen molar-refractivity contribution in [3.05, 3.63) is 23.8 Å². The number of carboxylic acids is 1. The van der Waals surface area contributed by atoms with Gasteiger partial charge in [0.1, 0.15) is 5.75 Å². The summed E-state index contributed by atoms with van der Waals surface area (Å²) in [7, 11) is 0. The second kappa shape index (κ2) is 4.44. The molecule has 1 saturated carbocycles. The molecule has 3 rings (SSSR count). The van der Waals surface area contributed by atoms with Gasteiger partial charge < -0.3 is 15.1 Å². The van der Waals surface area contributed by atoms with E-state index in [4.69, 9.17) is 0 Å². The average molecular weight is 261 g/mol. The Bertz CT molecular complexity index is 502. The molecule has 2 fully saturated rings. The highest BCUT2D eigenvalue weighted by Crippen LogP contribution is 2.48. The number of hydrogen-bond donors (Lipinski definition) is 2. The molecule has 102 valence electrons. The Labute approximate surface area is 112 Å². The van der Waals surface area contributed by atoms with Crippen molar-refractivity contribution < 1.29 is 15.0 Å². The first kappa shape index (κ1) is 12.3. The molecule has 4 nitrogen and oxygen atoms in total. The Morgan fingerprint density at radius 3 is 2.37 bits per heavy atom. The number of phenols is 1. The summed E-state index contributed by atoms with van der Waals surface area (Å²) in [5.74, 6) is -0.697. The molecule has 4 heteroatoms. The third kappa shape index (κ3) is 1.86. The fourth-order valence-electron chi connectivity index (χ4n) is 3.21. The van der Waals surface area contributed by atoms with Gasteiger partial charge in [0, 0.05) is 24.3 Å². The molecule has 2 N–H and O–H groups in total. The molecule has 0 spiro atoms. The minimum Gasteiger partial charge on any atom is -0.508 e. The van der Waals surface area contributed by atoms with E-state index in [1.54, 1.807) is 6.07 Å². The number of carbonyl (C=O) groups is 1. The summed E-state index contributed by atoms with van der Waals surface area (Å²) in [5, 5.41) is 19.5. The van der Waals surface area contributed by atoms with E-state index in [0.29, 0.717) is 18.4 Å². The van der Waals surface area contributed by atoms with Gasteiger partial charge in [-0.25, -0.2) is 0 Å². The van der Waals surface area contributed by atoms with E-state index >= 15 is 0 Å². The van der Waals surface area contributed by atoms with Crippen molar-refractivity contribution in [2.24, 2.45) is 0 Å². The third-order valence-corrected chi connectivity index (χ3v) is 4.58. The fourth-order valence-corrected chi connectivity index (χ4v) is 3.21.